The minimum Gasteiger partial charge on any atom is -0.348 e. The van der Waals surface area contributed by atoms with Crippen LogP contribution in [0.25, 0.3) is 0 Å². The summed E-state index contributed by atoms with van der Waals surface area (Å²) in [5.74, 6) is 1.05. The predicted molar refractivity (Wildman–Crippen MR) is 46.0 cm³/mol. The molecule has 0 aromatic carbocycles. The molecule has 0 fully saturated rings. The van der Waals surface area contributed by atoms with Crippen LogP contribution in [0, 0.1) is 0 Å². The van der Waals surface area contributed by atoms with Gasteiger partial charge in [0.2, 0.25) is 0 Å². The molecule has 0 heterocycles. The third kappa shape index (κ3) is 29.1. The van der Waals surface area contributed by atoms with Crippen molar-refractivity contribution in [3.63, 3.8) is 0 Å². The first-order chi connectivity index (χ1) is 4.33. The van der Waals surface area contributed by atoms with Crippen LogP contribution in [-0.2, 0) is 4.57 Å². The summed E-state index contributed by atoms with van der Waals surface area (Å²) in [6.07, 6.45) is 3.92. The smallest absolute Gasteiger partial charge is 0.177 e. The molecule has 0 bridgehead atoms. The van der Waals surface area contributed by atoms with Gasteiger partial charge in [0.05, 0.1) is 0 Å². The normalized spacial score (nSPS) is 9.22. The van der Waals surface area contributed by atoms with E-state index in [4.69, 9.17) is 9.46 Å². The van der Waals surface area contributed by atoms with Crippen LogP contribution in [0.5, 0.6) is 0 Å². The highest BCUT2D eigenvalue weighted by atomic mass is 32.1. The third-order valence-corrected chi connectivity index (χ3v) is 1.08. The summed E-state index contributed by atoms with van der Waals surface area (Å²) < 4.78 is 8.57. The molecular formula is C5H15O2PS. The van der Waals surface area contributed by atoms with E-state index >= 15 is 0 Å². The van der Waals surface area contributed by atoms with Gasteiger partial charge in [-0.1, -0.05) is 19.8 Å². The van der Waals surface area contributed by atoms with E-state index < -0.39 is 8.69 Å². The summed E-state index contributed by atoms with van der Waals surface area (Å²) >= 11 is 4.05. The molecule has 1 unspecified atom stereocenters. The fourth-order valence-electron chi connectivity index (χ4n) is 0.362. The van der Waals surface area contributed by atoms with Crippen molar-refractivity contribution in [1.29, 1.82) is 0 Å². The van der Waals surface area contributed by atoms with Crippen molar-refractivity contribution in [2.45, 2.75) is 26.2 Å². The predicted octanol–water partition coefficient (Wildman–Crippen LogP) is 1.76. The lowest BCUT2D eigenvalue weighted by molar-refractivity contribution is 0.524. The standard InChI is InChI=1S/C5H12S.H3O2P/c1-2-3-4-5-6;1-3-2/h6H,2-5H2,1H3;3H2,(H,1,2). The Balaban J connectivity index is 0. The minimum absolute atomic E-state index is 1.05. The number of rotatable bonds is 3. The molecule has 0 aromatic rings. The average molecular weight is 170 g/mol. The van der Waals surface area contributed by atoms with Crippen molar-refractivity contribution in [2.24, 2.45) is 0 Å². The monoisotopic (exact) mass is 170 g/mol. The van der Waals surface area contributed by atoms with E-state index in [1.807, 2.05) is 0 Å². The molecule has 0 aliphatic carbocycles. The van der Waals surface area contributed by atoms with E-state index in [1.54, 1.807) is 0 Å². The minimum atomic E-state index is -1.50. The molecular weight excluding hydrogens is 155 g/mol. The highest BCUT2D eigenvalue weighted by molar-refractivity contribution is 7.80. The fraction of sp³-hybridized carbons (Fsp3) is 1.00. The molecule has 9 heavy (non-hydrogen) atoms. The van der Waals surface area contributed by atoms with Crippen LogP contribution >= 0.6 is 21.3 Å². The molecule has 1 N–H and O–H groups in total. The second kappa shape index (κ2) is 15.8. The number of thiol groups is 1. The van der Waals surface area contributed by atoms with Gasteiger partial charge in [-0.25, -0.2) is 0 Å². The Morgan fingerprint density at radius 3 is 2.11 bits per heavy atom. The Bertz CT molecular complexity index is 48.2. The van der Waals surface area contributed by atoms with Gasteiger partial charge < -0.3 is 4.89 Å². The van der Waals surface area contributed by atoms with E-state index in [1.165, 1.54) is 19.3 Å². The first-order valence-corrected chi connectivity index (χ1v) is 4.64. The van der Waals surface area contributed by atoms with Crippen LogP contribution < -0.4 is 0 Å². The van der Waals surface area contributed by atoms with Crippen molar-refractivity contribution in [2.75, 3.05) is 5.75 Å². The first-order valence-electron chi connectivity index (χ1n) is 3.02. The molecule has 58 valence electrons. The van der Waals surface area contributed by atoms with Gasteiger partial charge in [-0.3, -0.25) is 4.57 Å². The molecule has 0 amide bonds. The Morgan fingerprint density at radius 2 is 2.00 bits per heavy atom. The summed E-state index contributed by atoms with van der Waals surface area (Å²) in [7, 11) is -1.50. The topological polar surface area (TPSA) is 37.3 Å². The van der Waals surface area contributed by atoms with Crippen LogP contribution in [0.3, 0.4) is 0 Å². The lowest BCUT2D eigenvalue weighted by Gasteiger charge is -1.85. The Hall–Kier alpha value is 0.540. The van der Waals surface area contributed by atoms with Crippen LogP contribution in [-0.4, -0.2) is 10.6 Å². The van der Waals surface area contributed by atoms with Crippen molar-refractivity contribution < 1.29 is 9.46 Å². The molecule has 1 atom stereocenters. The van der Waals surface area contributed by atoms with E-state index in [-0.39, 0.29) is 0 Å². The van der Waals surface area contributed by atoms with Crippen LogP contribution in [0.15, 0.2) is 0 Å². The SMILES string of the molecule is CCCCCS.O=[PH2]O. The van der Waals surface area contributed by atoms with Crippen molar-refractivity contribution >= 4 is 21.3 Å². The van der Waals surface area contributed by atoms with Crippen molar-refractivity contribution in [3.05, 3.63) is 0 Å². The lowest BCUT2D eigenvalue weighted by atomic mass is 10.3. The van der Waals surface area contributed by atoms with Crippen LogP contribution in [0.1, 0.15) is 26.2 Å². The maximum absolute atomic E-state index is 8.57. The maximum Gasteiger partial charge on any atom is 0.177 e. The molecule has 0 aromatic heterocycles. The van der Waals surface area contributed by atoms with Gasteiger partial charge in [-0.15, -0.1) is 0 Å². The van der Waals surface area contributed by atoms with Gasteiger partial charge in [0, 0.05) is 0 Å². The van der Waals surface area contributed by atoms with E-state index in [2.05, 4.69) is 19.6 Å². The largest absolute Gasteiger partial charge is 0.348 e. The summed E-state index contributed by atoms with van der Waals surface area (Å²) in [6, 6.07) is 0. The third-order valence-electron chi connectivity index (χ3n) is 0.762. The van der Waals surface area contributed by atoms with E-state index in [9.17, 15) is 0 Å². The van der Waals surface area contributed by atoms with Gasteiger partial charge in [0.25, 0.3) is 0 Å². The molecule has 0 saturated heterocycles. The second-order valence-electron chi connectivity index (χ2n) is 1.54. The molecule has 0 spiro atoms. The Morgan fingerprint density at radius 1 is 1.56 bits per heavy atom. The van der Waals surface area contributed by atoms with E-state index in [0.717, 1.165) is 5.75 Å². The zero-order valence-electron chi connectivity index (χ0n) is 5.71. The molecule has 0 aliphatic rings. The molecule has 0 radical (unpaired) electrons. The highest BCUT2D eigenvalue weighted by Crippen LogP contribution is 1.93. The van der Waals surface area contributed by atoms with Crippen LogP contribution in [0.4, 0.5) is 0 Å². The summed E-state index contributed by atoms with van der Waals surface area (Å²) in [4.78, 5) is 7.10. The molecule has 4 heteroatoms. The average Bonchev–Trinajstić information content (AvgIpc) is 1.86. The van der Waals surface area contributed by atoms with Crippen molar-refractivity contribution in [1.82, 2.24) is 0 Å². The lowest BCUT2D eigenvalue weighted by Crippen LogP contribution is -1.70. The Labute approximate surface area is 63.4 Å². The molecule has 0 rings (SSSR count). The number of hydrogen-bond donors (Lipinski definition) is 2. The highest BCUT2D eigenvalue weighted by Gasteiger charge is 1.75. The second-order valence-corrected chi connectivity index (χ2v) is 2.19. The van der Waals surface area contributed by atoms with Gasteiger partial charge in [-0.05, 0) is 12.2 Å². The van der Waals surface area contributed by atoms with Crippen molar-refractivity contribution in [3.8, 4) is 0 Å². The first kappa shape index (κ1) is 12.2. The zero-order valence-corrected chi connectivity index (χ0v) is 7.76. The number of hydrogen-bond acceptors (Lipinski definition) is 2. The van der Waals surface area contributed by atoms with Gasteiger partial charge in [0.15, 0.2) is 8.69 Å². The maximum atomic E-state index is 8.57. The van der Waals surface area contributed by atoms with Gasteiger partial charge in [-0.2, -0.15) is 12.6 Å². The van der Waals surface area contributed by atoms with E-state index in [0.29, 0.717) is 0 Å². The summed E-state index contributed by atoms with van der Waals surface area (Å²) in [6.45, 7) is 2.20. The zero-order chi connectivity index (χ0) is 7.54. The van der Waals surface area contributed by atoms with Crippen LogP contribution in [0.2, 0.25) is 0 Å². The quantitative estimate of drug-likeness (QED) is 0.384. The van der Waals surface area contributed by atoms with Gasteiger partial charge >= 0.3 is 0 Å². The molecule has 2 nitrogen and oxygen atoms in total. The molecule has 0 saturated carbocycles. The summed E-state index contributed by atoms with van der Waals surface area (Å²) in [5.41, 5.74) is 0. The summed E-state index contributed by atoms with van der Waals surface area (Å²) in [5, 5.41) is 0. The number of unbranched alkanes of at least 4 members (excludes halogenated alkanes) is 2. The van der Waals surface area contributed by atoms with Gasteiger partial charge in [0.1, 0.15) is 0 Å². The Kier molecular flexibility index (Phi) is 21.5. The molecule has 0 aliphatic heterocycles. The fourth-order valence-corrected chi connectivity index (χ4v) is 0.585.